The maximum atomic E-state index is 11.6. The lowest BCUT2D eigenvalue weighted by Gasteiger charge is -2.46. The van der Waals surface area contributed by atoms with E-state index in [2.05, 4.69) is 26.8 Å². The van der Waals surface area contributed by atoms with E-state index in [1.807, 2.05) is 0 Å². The van der Waals surface area contributed by atoms with Gasteiger partial charge in [0.1, 0.15) is 12.4 Å². The molecule has 0 radical (unpaired) electrons. The van der Waals surface area contributed by atoms with Crippen molar-refractivity contribution in [2.24, 2.45) is 22.2 Å². The second kappa shape index (κ2) is 3.96. The number of rotatable bonds is 2. The lowest BCUT2D eigenvalue weighted by Crippen LogP contribution is -2.44. The minimum Gasteiger partial charge on any atom is -0.461 e. The fraction of sp³-hybridized carbons (Fsp3) is 0.765. The first kappa shape index (κ1) is 13.8. The quantitative estimate of drug-likeness (QED) is 0.574. The van der Waals surface area contributed by atoms with Gasteiger partial charge < -0.3 is 4.74 Å². The number of fused-ring (bicyclic) bond motifs is 5. The molecule has 0 heterocycles. The van der Waals surface area contributed by atoms with Gasteiger partial charge in [-0.2, -0.15) is 0 Å². The smallest absolute Gasteiger partial charge is 0.302 e. The van der Waals surface area contributed by atoms with Crippen molar-refractivity contribution in [3.05, 3.63) is 11.6 Å². The van der Waals surface area contributed by atoms with Crippen LogP contribution in [0, 0.1) is 22.2 Å². The highest BCUT2D eigenvalue weighted by atomic mass is 16.5. The summed E-state index contributed by atoms with van der Waals surface area (Å²) in [4.78, 5) is 23.1. The van der Waals surface area contributed by atoms with Gasteiger partial charge in [0.05, 0.1) is 0 Å². The molecule has 0 aromatic carbocycles. The summed E-state index contributed by atoms with van der Waals surface area (Å²) in [6.07, 6.45) is 7.24. The molecule has 5 atom stereocenters. The van der Waals surface area contributed by atoms with Crippen LogP contribution in [0.3, 0.4) is 0 Å². The molecule has 3 nitrogen and oxygen atoms in total. The summed E-state index contributed by atoms with van der Waals surface area (Å²) in [6, 6.07) is 0. The van der Waals surface area contributed by atoms with Gasteiger partial charge in [-0.15, -0.1) is 0 Å². The highest BCUT2D eigenvalue weighted by molar-refractivity contribution is 5.76. The lowest BCUT2D eigenvalue weighted by molar-refractivity contribution is -0.157. The summed E-state index contributed by atoms with van der Waals surface area (Å²) in [5.41, 5.74) is 0.986. The molecule has 110 valence electrons. The molecule has 0 amide bonds. The molecule has 0 saturated heterocycles. The molecule has 3 aliphatic rings. The van der Waals surface area contributed by atoms with E-state index >= 15 is 0 Å². The maximum absolute atomic E-state index is 11.6. The molecule has 3 rings (SSSR count). The molecule has 2 saturated carbocycles. The Morgan fingerprint density at radius 1 is 1.30 bits per heavy atom. The third kappa shape index (κ3) is 1.32. The van der Waals surface area contributed by atoms with Crippen LogP contribution in [0.15, 0.2) is 11.6 Å². The van der Waals surface area contributed by atoms with E-state index in [0.29, 0.717) is 0 Å². The summed E-state index contributed by atoms with van der Waals surface area (Å²) in [5, 5.41) is 0. The first-order valence-corrected chi connectivity index (χ1v) is 7.63. The number of ether oxygens (including phenoxy) is 1. The van der Waals surface area contributed by atoms with Crippen molar-refractivity contribution in [1.29, 1.82) is 0 Å². The lowest BCUT2D eigenvalue weighted by atomic mass is 9.59. The molecule has 0 aromatic rings. The van der Waals surface area contributed by atoms with Gasteiger partial charge >= 0.3 is 5.97 Å². The third-order valence-corrected chi connectivity index (χ3v) is 7.06. The van der Waals surface area contributed by atoms with Crippen molar-refractivity contribution in [1.82, 2.24) is 0 Å². The zero-order valence-electron chi connectivity index (χ0n) is 12.9. The van der Waals surface area contributed by atoms with Crippen LogP contribution in [-0.4, -0.2) is 18.4 Å². The van der Waals surface area contributed by atoms with Crippen LogP contribution in [0.25, 0.3) is 0 Å². The molecule has 0 spiro atoms. The number of esters is 1. The van der Waals surface area contributed by atoms with E-state index in [4.69, 9.17) is 4.74 Å². The van der Waals surface area contributed by atoms with Gasteiger partial charge in [0.2, 0.25) is 0 Å². The van der Waals surface area contributed by atoms with Gasteiger partial charge in [0.25, 0.3) is 0 Å². The predicted molar refractivity (Wildman–Crippen MR) is 76.0 cm³/mol. The standard InChI is InChI=1S/C17H24O3/c1-11(19)20-14-13-12(10-18)6-9-16(14,3)17(4)8-5-7-15(13,17)2/h6,10,13-14H,5,7-9H2,1-4H3/t13-,14-,15-,16+,17-/m0/s1. The number of aldehydes is 1. The zero-order valence-corrected chi connectivity index (χ0v) is 12.9. The SMILES string of the molecule is CC(=O)O[C@H]1[C@@H]2C(C=O)=CC[C@@]1(C)[C@@]1(C)CCC[C@@]21C. The number of allylic oxidation sites excluding steroid dienone is 1. The molecule has 2 bridgehead atoms. The van der Waals surface area contributed by atoms with Crippen molar-refractivity contribution in [2.75, 3.05) is 0 Å². The van der Waals surface area contributed by atoms with Gasteiger partial charge in [-0.1, -0.05) is 33.3 Å². The summed E-state index contributed by atoms with van der Waals surface area (Å²) in [5.74, 6) is -0.166. The third-order valence-electron chi connectivity index (χ3n) is 7.06. The predicted octanol–water partition coefficient (Wildman–Crippen LogP) is 3.28. The first-order valence-electron chi connectivity index (χ1n) is 7.63. The molecular formula is C17H24O3. The first-order chi connectivity index (χ1) is 9.30. The van der Waals surface area contributed by atoms with Crippen molar-refractivity contribution in [3.8, 4) is 0 Å². The summed E-state index contributed by atoms with van der Waals surface area (Å²) >= 11 is 0. The Kier molecular flexibility index (Phi) is 2.74. The molecule has 0 N–H and O–H groups in total. The average molecular weight is 276 g/mol. The number of hydrogen-bond acceptors (Lipinski definition) is 3. The van der Waals surface area contributed by atoms with Crippen LogP contribution in [0.1, 0.15) is 53.4 Å². The maximum Gasteiger partial charge on any atom is 0.302 e. The van der Waals surface area contributed by atoms with Gasteiger partial charge in [0, 0.05) is 18.3 Å². The Balaban J connectivity index is 2.17. The Hall–Kier alpha value is -1.12. The minimum absolute atomic E-state index is 0.0545. The number of carbonyl (C=O) groups excluding carboxylic acids is 2. The fourth-order valence-electron chi connectivity index (χ4n) is 5.66. The van der Waals surface area contributed by atoms with Gasteiger partial charge in [-0.3, -0.25) is 9.59 Å². The van der Waals surface area contributed by atoms with Crippen LogP contribution in [0.4, 0.5) is 0 Å². The monoisotopic (exact) mass is 276 g/mol. The Bertz CT molecular complexity index is 508. The Labute approximate surface area is 120 Å². The zero-order chi connectivity index (χ0) is 14.8. The van der Waals surface area contributed by atoms with E-state index < -0.39 is 0 Å². The summed E-state index contributed by atoms with van der Waals surface area (Å²) in [6.45, 7) is 8.37. The Morgan fingerprint density at radius 2 is 2.00 bits per heavy atom. The summed E-state index contributed by atoms with van der Waals surface area (Å²) in [7, 11) is 0. The molecule has 0 aliphatic heterocycles. The van der Waals surface area contributed by atoms with Crippen LogP contribution in [0.5, 0.6) is 0 Å². The highest BCUT2D eigenvalue weighted by Gasteiger charge is 2.74. The molecule has 0 unspecified atom stereocenters. The second-order valence-electron chi connectivity index (χ2n) is 7.55. The molecule has 3 heteroatoms. The Morgan fingerprint density at radius 3 is 2.60 bits per heavy atom. The van der Waals surface area contributed by atoms with Crippen molar-refractivity contribution in [2.45, 2.75) is 59.5 Å². The largest absolute Gasteiger partial charge is 0.461 e. The van der Waals surface area contributed by atoms with Gasteiger partial charge in [0.15, 0.2) is 0 Å². The van der Waals surface area contributed by atoms with E-state index in [1.165, 1.54) is 13.3 Å². The van der Waals surface area contributed by atoms with Crippen LogP contribution < -0.4 is 0 Å². The minimum atomic E-state index is -0.231. The van der Waals surface area contributed by atoms with E-state index in [0.717, 1.165) is 31.1 Å². The van der Waals surface area contributed by atoms with Gasteiger partial charge in [-0.05, 0) is 35.7 Å². The van der Waals surface area contributed by atoms with E-state index in [-0.39, 0.29) is 34.2 Å². The van der Waals surface area contributed by atoms with Gasteiger partial charge in [-0.25, -0.2) is 0 Å². The van der Waals surface area contributed by atoms with E-state index in [1.54, 1.807) is 0 Å². The highest BCUT2D eigenvalue weighted by Crippen LogP contribution is 2.76. The molecule has 20 heavy (non-hydrogen) atoms. The average Bonchev–Trinajstić information content (AvgIpc) is 2.72. The van der Waals surface area contributed by atoms with Crippen LogP contribution in [0.2, 0.25) is 0 Å². The summed E-state index contributed by atoms with van der Waals surface area (Å²) < 4.78 is 5.74. The van der Waals surface area contributed by atoms with Crippen LogP contribution in [-0.2, 0) is 14.3 Å². The molecular weight excluding hydrogens is 252 g/mol. The molecule has 2 fully saturated rings. The normalized spacial score (nSPS) is 49.5. The second-order valence-corrected chi connectivity index (χ2v) is 7.55. The topological polar surface area (TPSA) is 43.4 Å². The van der Waals surface area contributed by atoms with Crippen molar-refractivity contribution in [3.63, 3.8) is 0 Å². The number of hydrogen-bond donors (Lipinski definition) is 0. The van der Waals surface area contributed by atoms with Crippen molar-refractivity contribution >= 4 is 12.3 Å². The van der Waals surface area contributed by atoms with Crippen molar-refractivity contribution < 1.29 is 14.3 Å². The number of carbonyl (C=O) groups is 2. The van der Waals surface area contributed by atoms with E-state index in [9.17, 15) is 9.59 Å². The fourth-order valence-corrected chi connectivity index (χ4v) is 5.66. The molecule has 0 aromatic heterocycles. The molecule has 3 aliphatic carbocycles. The van der Waals surface area contributed by atoms with Crippen LogP contribution >= 0.6 is 0 Å².